The second-order valence-electron chi connectivity index (χ2n) is 4.69. The van der Waals surface area contributed by atoms with Crippen LogP contribution in [-0.4, -0.2) is 36.1 Å². The number of amidine groups is 1. The highest BCUT2D eigenvalue weighted by molar-refractivity contribution is 8.14. The van der Waals surface area contributed by atoms with Crippen LogP contribution < -0.4 is 5.32 Å². The molecule has 1 aliphatic carbocycles. The largest absolute Gasteiger partial charge is 0.368 e. The lowest BCUT2D eigenvalue weighted by Gasteiger charge is -2.28. The van der Waals surface area contributed by atoms with E-state index >= 15 is 0 Å². The first kappa shape index (κ1) is 12.9. The maximum Gasteiger partial charge on any atom is 0.251 e. The van der Waals surface area contributed by atoms with Crippen LogP contribution in [0.2, 0.25) is 0 Å². The predicted octanol–water partition coefficient (Wildman–Crippen LogP) is 1.80. The normalized spacial score (nSPS) is 28.9. The van der Waals surface area contributed by atoms with E-state index in [2.05, 4.69) is 17.2 Å². The van der Waals surface area contributed by atoms with E-state index in [0.717, 1.165) is 23.9 Å². The van der Waals surface area contributed by atoms with Gasteiger partial charge >= 0.3 is 0 Å². The van der Waals surface area contributed by atoms with Crippen molar-refractivity contribution in [2.24, 2.45) is 10.9 Å². The molecule has 1 heterocycles. The van der Waals surface area contributed by atoms with Crippen molar-refractivity contribution in [3.63, 3.8) is 0 Å². The molecule has 1 saturated carbocycles. The molecule has 4 nitrogen and oxygen atoms in total. The van der Waals surface area contributed by atoms with Crippen molar-refractivity contribution < 1.29 is 9.53 Å². The molecule has 0 radical (unpaired) electrons. The Morgan fingerprint density at radius 1 is 1.53 bits per heavy atom. The maximum atomic E-state index is 11.6. The number of aliphatic imine (C=N–C) groups is 1. The summed E-state index contributed by atoms with van der Waals surface area (Å²) in [5.74, 6) is 1.47. The van der Waals surface area contributed by atoms with Crippen LogP contribution in [-0.2, 0) is 9.53 Å². The molecule has 0 aromatic carbocycles. The van der Waals surface area contributed by atoms with Gasteiger partial charge in [-0.2, -0.15) is 0 Å². The van der Waals surface area contributed by atoms with Gasteiger partial charge < -0.3 is 10.1 Å². The van der Waals surface area contributed by atoms with Crippen molar-refractivity contribution in [2.45, 2.75) is 38.7 Å². The lowest BCUT2D eigenvalue weighted by Crippen LogP contribution is -2.34. The van der Waals surface area contributed by atoms with Gasteiger partial charge in [0.25, 0.3) is 5.91 Å². The summed E-state index contributed by atoms with van der Waals surface area (Å²) in [4.78, 5) is 15.8. The first-order valence-electron chi connectivity index (χ1n) is 6.34. The topological polar surface area (TPSA) is 50.7 Å². The van der Waals surface area contributed by atoms with Crippen LogP contribution in [0.25, 0.3) is 0 Å². The molecule has 1 fully saturated rings. The van der Waals surface area contributed by atoms with Crippen molar-refractivity contribution in [3.05, 3.63) is 0 Å². The smallest absolute Gasteiger partial charge is 0.251 e. The number of hydrogen-bond acceptors (Lipinski definition) is 4. The van der Waals surface area contributed by atoms with E-state index in [4.69, 9.17) is 4.74 Å². The van der Waals surface area contributed by atoms with E-state index in [1.54, 1.807) is 11.8 Å². The van der Waals surface area contributed by atoms with E-state index in [-0.39, 0.29) is 18.6 Å². The van der Waals surface area contributed by atoms with Crippen LogP contribution in [0, 0.1) is 5.92 Å². The first-order valence-corrected chi connectivity index (χ1v) is 7.33. The summed E-state index contributed by atoms with van der Waals surface area (Å²) in [6, 6.07) is 0. The Morgan fingerprint density at radius 3 is 3.06 bits per heavy atom. The molecular formula is C12H20N2O2S. The summed E-state index contributed by atoms with van der Waals surface area (Å²) >= 11 is 1.60. The Bertz CT molecular complexity index is 307. The third-order valence-corrected chi connectivity index (χ3v) is 4.18. The third kappa shape index (κ3) is 4.00. The molecule has 2 atom stereocenters. The number of carbonyl (C=O) groups excluding carboxylic acids is 1. The summed E-state index contributed by atoms with van der Waals surface area (Å²) in [5, 5.41) is 3.53. The number of nitrogens with one attached hydrogen (secondary N) is 1. The molecule has 96 valence electrons. The van der Waals surface area contributed by atoms with Crippen molar-refractivity contribution in [1.29, 1.82) is 0 Å². The molecule has 0 unspecified atom stereocenters. The summed E-state index contributed by atoms with van der Waals surface area (Å²) in [5.41, 5.74) is 0. The van der Waals surface area contributed by atoms with Crippen LogP contribution in [0.3, 0.4) is 0 Å². The molecular weight excluding hydrogens is 236 g/mol. The number of thioether (sulfide) groups is 1. The Balaban J connectivity index is 1.68. The molecule has 2 aliphatic rings. The molecule has 0 aromatic heterocycles. The van der Waals surface area contributed by atoms with Gasteiger partial charge in [-0.25, -0.2) is 0 Å². The maximum absolute atomic E-state index is 11.6. The minimum atomic E-state index is -0.0732. The zero-order valence-corrected chi connectivity index (χ0v) is 11.1. The van der Waals surface area contributed by atoms with Gasteiger partial charge in [-0.15, -0.1) is 0 Å². The lowest BCUT2D eigenvalue weighted by atomic mass is 9.88. The fourth-order valence-corrected chi connectivity index (χ4v) is 3.02. The predicted molar refractivity (Wildman–Crippen MR) is 70.3 cm³/mol. The SMILES string of the molecule is C[C@@H]1CCCC[C@@H]1OCC(=O)NC1=NCCS1. The fraction of sp³-hybridized carbons (Fsp3) is 0.833. The highest BCUT2D eigenvalue weighted by Gasteiger charge is 2.22. The average Bonchev–Trinajstić information content (AvgIpc) is 2.81. The number of hydrogen-bond donors (Lipinski definition) is 1. The number of rotatable bonds is 3. The van der Waals surface area contributed by atoms with Crippen LogP contribution in [0.4, 0.5) is 0 Å². The van der Waals surface area contributed by atoms with Gasteiger partial charge in [0.05, 0.1) is 12.6 Å². The van der Waals surface area contributed by atoms with E-state index in [1.807, 2.05) is 0 Å². The fourth-order valence-electron chi connectivity index (χ4n) is 2.28. The molecule has 0 aromatic rings. The van der Waals surface area contributed by atoms with Crippen molar-refractivity contribution in [2.75, 3.05) is 18.9 Å². The second kappa shape index (κ2) is 6.40. The molecule has 1 aliphatic heterocycles. The standard InChI is InChI=1S/C12H20N2O2S/c1-9-4-2-3-5-10(9)16-8-11(15)14-12-13-6-7-17-12/h9-10H,2-8H2,1H3,(H,13,14,15)/t9-,10+/m1/s1. The molecule has 1 amide bonds. The molecule has 1 N–H and O–H groups in total. The van der Waals surface area contributed by atoms with E-state index in [1.165, 1.54) is 19.3 Å². The summed E-state index contributed by atoms with van der Waals surface area (Å²) in [7, 11) is 0. The Hall–Kier alpha value is -0.550. The van der Waals surface area contributed by atoms with Gasteiger partial charge in [-0.3, -0.25) is 9.79 Å². The Labute approximate surface area is 107 Å². The second-order valence-corrected chi connectivity index (χ2v) is 5.78. The zero-order chi connectivity index (χ0) is 12.1. The lowest BCUT2D eigenvalue weighted by molar-refractivity contribution is -0.128. The van der Waals surface area contributed by atoms with Gasteiger partial charge in [-0.05, 0) is 18.8 Å². The minimum Gasteiger partial charge on any atom is -0.368 e. The molecule has 17 heavy (non-hydrogen) atoms. The van der Waals surface area contributed by atoms with Crippen molar-refractivity contribution >= 4 is 22.8 Å². The Kier molecular flexibility index (Phi) is 4.86. The highest BCUT2D eigenvalue weighted by Crippen LogP contribution is 2.26. The average molecular weight is 256 g/mol. The van der Waals surface area contributed by atoms with Gasteiger partial charge in [0, 0.05) is 5.75 Å². The van der Waals surface area contributed by atoms with Gasteiger partial charge in [-0.1, -0.05) is 31.5 Å². The van der Waals surface area contributed by atoms with Crippen LogP contribution in [0.5, 0.6) is 0 Å². The minimum absolute atomic E-state index is 0.0732. The van der Waals surface area contributed by atoms with Crippen LogP contribution >= 0.6 is 11.8 Å². The number of ether oxygens (including phenoxy) is 1. The highest BCUT2D eigenvalue weighted by atomic mass is 32.2. The third-order valence-electron chi connectivity index (χ3n) is 3.29. The quantitative estimate of drug-likeness (QED) is 0.837. The van der Waals surface area contributed by atoms with Gasteiger partial charge in [0.15, 0.2) is 5.17 Å². The first-order chi connectivity index (χ1) is 8.25. The Morgan fingerprint density at radius 2 is 2.35 bits per heavy atom. The van der Waals surface area contributed by atoms with E-state index in [9.17, 15) is 4.79 Å². The summed E-state index contributed by atoms with van der Waals surface area (Å²) < 4.78 is 5.69. The van der Waals surface area contributed by atoms with E-state index < -0.39 is 0 Å². The number of carbonyl (C=O) groups is 1. The van der Waals surface area contributed by atoms with Crippen LogP contribution in [0.1, 0.15) is 32.6 Å². The molecule has 0 bridgehead atoms. The molecule has 5 heteroatoms. The zero-order valence-electron chi connectivity index (χ0n) is 10.3. The number of amides is 1. The molecule has 0 spiro atoms. The van der Waals surface area contributed by atoms with Gasteiger partial charge in [0.1, 0.15) is 6.61 Å². The monoisotopic (exact) mass is 256 g/mol. The molecule has 0 saturated heterocycles. The van der Waals surface area contributed by atoms with Crippen molar-refractivity contribution in [3.8, 4) is 0 Å². The van der Waals surface area contributed by atoms with Crippen LogP contribution in [0.15, 0.2) is 4.99 Å². The van der Waals surface area contributed by atoms with E-state index in [0.29, 0.717) is 5.92 Å². The summed E-state index contributed by atoms with van der Waals surface area (Å²) in [6.45, 7) is 3.17. The van der Waals surface area contributed by atoms with Gasteiger partial charge in [0.2, 0.25) is 0 Å². The van der Waals surface area contributed by atoms with Crippen molar-refractivity contribution in [1.82, 2.24) is 5.32 Å². The number of nitrogens with zero attached hydrogens (tertiary/aromatic N) is 1. The molecule has 2 rings (SSSR count). The summed E-state index contributed by atoms with van der Waals surface area (Å²) in [6.07, 6.45) is 5.08.